The first-order valence-electron chi connectivity index (χ1n) is 16.8. The van der Waals surface area contributed by atoms with E-state index in [0.29, 0.717) is 5.95 Å². The predicted molar refractivity (Wildman–Crippen MR) is 213 cm³/mol. The lowest BCUT2D eigenvalue weighted by Gasteiger charge is -2.12. The molecule has 13 rings (SSSR count). The Morgan fingerprint density at radius 2 is 1.14 bits per heavy atom. The van der Waals surface area contributed by atoms with Gasteiger partial charge in [-0.1, -0.05) is 91.0 Å². The highest BCUT2D eigenvalue weighted by atomic mass is 32.1. The van der Waals surface area contributed by atoms with Gasteiger partial charge in [0, 0.05) is 62.8 Å². The van der Waals surface area contributed by atoms with E-state index in [2.05, 4.69) is 142 Å². The Morgan fingerprint density at radius 3 is 2.10 bits per heavy atom. The molecule has 0 bridgehead atoms. The minimum absolute atomic E-state index is 0.700. The van der Waals surface area contributed by atoms with Crippen molar-refractivity contribution in [3.05, 3.63) is 133 Å². The molecule has 0 radical (unpaired) electrons. The van der Waals surface area contributed by atoms with E-state index >= 15 is 0 Å². The van der Waals surface area contributed by atoms with Crippen LogP contribution in [-0.4, -0.2) is 18.9 Å². The second-order valence-corrected chi connectivity index (χ2v) is 15.4. The Bertz CT molecular complexity index is 3550. The molecule has 0 N–H and O–H groups in total. The number of hydrogen-bond donors (Lipinski definition) is 0. The third-order valence-electron chi connectivity index (χ3n) is 10.9. The van der Waals surface area contributed by atoms with E-state index in [1.165, 1.54) is 79.1 Å². The van der Waals surface area contributed by atoms with Crippen LogP contribution in [0.15, 0.2) is 133 Å². The molecule has 230 valence electrons. The number of aromatic nitrogens is 4. The zero-order valence-corrected chi connectivity index (χ0v) is 27.9. The fourth-order valence-electron chi connectivity index (χ4n) is 8.92. The van der Waals surface area contributed by atoms with Gasteiger partial charge in [0.05, 0.1) is 33.3 Å². The maximum absolute atomic E-state index is 5.59. The second kappa shape index (κ2) is 8.93. The topological polar surface area (TPSA) is 35.1 Å². The second-order valence-electron chi connectivity index (χ2n) is 13.3. The molecule has 0 amide bonds. The summed E-state index contributed by atoms with van der Waals surface area (Å²) in [4.78, 5) is 12.0. The van der Waals surface area contributed by atoms with E-state index in [4.69, 9.17) is 9.97 Å². The average molecular weight is 671 g/mol. The Hall–Kier alpha value is -6.08. The van der Waals surface area contributed by atoms with E-state index in [0.717, 1.165) is 32.5 Å². The molecule has 4 nitrogen and oxygen atoms in total. The quantitative estimate of drug-likeness (QED) is 0.183. The van der Waals surface area contributed by atoms with Gasteiger partial charge in [-0.15, -0.1) is 22.7 Å². The van der Waals surface area contributed by atoms with Crippen molar-refractivity contribution in [2.45, 2.75) is 0 Å². The van der Waals surface area contributed by atoms with Gasteiger partial charge in [-0.3, -0.25) is 4.57 Å². The average Bonchev–Trinajstić information content (AvgIpc) is 3.89. The summed E-state index contributed by atoms with van der Waals surface area (Å²) < 4.78 is 8.69. The Balaban J connectivity index is 1.26. The van der Waals surface area contributed by atoms with Crippen LogP contribution in [0.1, 0.15) is 0 Å². The summed E-state index contributed by atoms with van der Waals surface area (Å²) in [5, 5.41) is 12.5. The summed E-state index contributed by atoms with van der Waals surface area (Å²) in [6.07, 6.45) is 0. The number of para-hydroxylation sites is 1. The van der Waals surface area contributed by atoms with Gasteiger partial charge in [-0.2, -0.15) is 0 Å². The molecule has 7 aromatic carbocycles. The minimum Gasteiger partial charge on any atom is -0.308 e. The van der Waals surface area contributed by atoms with Crippen molar-refractivity contribution in [1.29, 1.82) is 0 Å². The lowest BCUT2D eigenvalue weighted by molar-refractivity contribution is 1.02. The molecule has 0 fully saturated rings. The lowest BCUT2D eigenvalue weighted by Crippen LogP contribution is -2.03. The number of rotatable bonds is 2. The zero-order valence-electron chi connectivity index (χ0n) is 26.3. The molecule has 6 heteroatoms. The third kappa shape index (κ3) is 3.00. The summed E-state index contributed by atoms with van der Waals surface area (Å²) in [5.74, 6) is 0.700. The molecule has 0 saturated carbocycles. The number of hydrogen-bond acceptors (Lipinski definition) is 4. The fraction of sp³-hybridized carbons (Fsp3) is 0. The van der Waals surface area contributed by atoms with Crippen LogP contribution in [0.4, 0.5) is 0 Å². The molecule has 0 atom stereocenters. The first-order chi connectivity index (χ1) is 24.8. The van der Waals surface area contributed by atoms with Crippen LogP contribution in [0.2, 0.25) is 0 Å². The summed E-state index contributed by atoms with van der Waals surface area (Å²) in [5.41, 5.74) is 8.09. The van der Waals surface area contributed by atoms with Crippen molar-refractivity contribution >= 4 is 123 Å². The van der Waals surface area contributed by atoms with E-state index in [1.807, 2.05) is 11.3 Å². The van der Waals surface area contributed by atoms with Crippen LogP contribution in [-0.2, 0) is 0 Å². The van der Waals surface area contributed by atoms with Gasteiger partial charge in [0.2, 0.25) is 5.95 Å². The smallest absolute Gasteiger partial charge is 0.236 e. The van der Waals surface area contributed by atoms with E-state index in [9.17, 15) is 0 Å². The largest absolute Gasteiger partial charge is 0.308 e. The van der Waals surface area contributed by atoms with Crippen LogP contribution >= 0.6 is 22.7 Å². The third-order valence-corrected chi connectivity index (χ3v) is 13.1. The summed E-state index contributed by atoms with van der Waals surface area (Å²) in [6.45, 7) is 0. The molecule has 0 saturated heterocycles. The van der Waals surface area contributed by atoms with Crippen LogP contribution < -0.4 is 0 Å². The molecule has 6 aromatic heterocycles. The normalized spacial score (nSPS) is 12.8. The number of benzene rings is 7. The van der Waals surface area contributed by atoms with Gasteiger partial charge < -0.3 is 4.40 Å². The van der Waals surface area contributed by atoms with Crippen LogP contribution in [0.5, 0.6) is 0 Å². The number of fused-ring (bicyclic) bond motifs is 8. The molecule has 13 aromatic rings. The summed E-state index contributed by atoms with van der Waals surface area (Å²) in [6, 6.07) is 48.7. The Labute approximate surface area is 291 Å². The molecule has 0 aliphatic heterocycles. The Kier molecular flexibility index (Phi) is 4.62. The highest BCUT2D eigenvalue weighted by Gasteiger charge is 2.27. The van der Waals surface area contributed by atoms with Crippen molar-refractivity contribution < 1.29 is 0 Å². The molecule has 0 spiro atoms. The predicted octanol–water partition coefficient (Wildman–Crippen LogP) is 12.6. The van der Waals surface area contributed by atoms with Crippen molar-refractivity contribution in [1.82, 2.24) is 18.9 Å². The first-order valence-corrected chi connectivity index (χ1v) is 18.5. The van der Waals surface area contributed by atoms with Crippen LogP contribution in [0, 0.1) is 0 Å². The van der Waals surface area contributed by atoms with E-state index in [-0.39, 0.29) is 0 Å². The van der Waals surface area contributed by atoms with Crippen molar-refractivity contribution in [3.63, 3.8) is 0 Å². The van der Waals surface area contributed by atoms with Gasteiger partial charge in [0.1, 0.15) is 4.83 Å². The van der Waals surface area contributed by atoms with Gasteiger partial charge in [-0.05, 0) is 53.2 Å². The maximum atomic E-state index is 5.59. The maximum Gasteiger partial charge on any atom is 0.236 e. The molecule has 6 heterocycles. The molecule has 0 aliphatic carbocycles. The number of thiophene rings is 2. The van der Waals surface area contributed by atoms with Gasteiger partial charge in [0.25, 0.3) is 0 Å². The van der Waals surface area contributed by atoms with Crippen LogP contribution in [0.25, 0.3) is 118 Å². The summed E-state index contributed by atoms with van der Waals surface area (Å²) >= 11 is 3.64. The molecule has 0 unspecified atom stereocenters. The molecule has 50 heavy (non-hydrogen) atoms. The van der Waals surface area contributed by atoms with Crippen molar-refractivity contribution in [2.75, 3.05) is 0 Å². The highest BCUT2D eigenvalue weighted by molar-refractivity contribution is 7.26. The minimum atomic E-state index is 0.700. The SMILES string of the molecule is c1ccc2c(-c3nc(-n4c5ccc6sc7ccc8c9ccccc9n9c%10cccc4c%10c5c6c7c89)nc4sc5ccccc5c34)cccc2c1. The molecular formula is C44H22N4S2. The van der Waals surface area contributed by atoms with E-state index in [1.54, 1.807) is 11.3 Å². The monoisotopic (exact) mass is 670 g/mol. The van der Waals surface area contributed by atoms with Crippen molar-refractivity contribution in [2.24, 2.45) is 0 Å². The first kappa shape index (κ1) is 25.9. The summed E-state index contributed by atoms with van der Waals surface area (Å²) in [7, 11) is 0. The van der Waals surface area contributed by atoms with Gasteiger partial charge >= 0.3 is 0 Å². The standard InChI is InChI=1S/C44H22N4S2/c1-2-11-24-23(9-1)10-7-14-26(24)41-36-28-13-4-6-18-33(28)50-43(36)46-44(45-41)48-31-17-8-16-30-37(31)38-32(48)20-22-34-39(38)40-35(49-34)21-19-27-25-12-3-5-15-29(25)47(30)42(27)40/h1-22H. The van der Waals surface area contributed by atoms with Gasteiger partial charge in [0.15, 0.2) is 0 Å². The number of nitrogens with zero attached hydrogens (tertiary/aromatic N) is 4. The zero-order chi connectivity index (χ0) is 32.2. The van der Waals surface area contributed by atoms with Gasteiger partial charge in [-0.25, -0.2) is 9.97 Å². The molecular weight excluding hydrogens is 649 g/mol. The van der Waals surface area contributed by atoms with Crippen molar-refractivity contribution in [3.8, 4) is 17.2 Å². The van der Waals surface area contributed by atoms with Crippen LogP contribution in [0.3, 0.4) is 0 Å². The lowest BCUT2D eigenvalue weighted by atomic mass is 9.99. The highest BCUT2D eigenvalue weighted by Crippen LogP contribution is 2.50. The fourth-order valence-corrected chi connectivity index (χ4v) is 11.1. The molecule has 0 aliphatic rings. The Morgan fingerprint density at radius 1 is 0.420 bits per heavy atom. The van der Waals surface area contributed by atoms with E-state index < -0.39 is 0 Å².